The molecule has 134 valence electrons. The van der Waals surface area contributed by atoms with Gasteiger partial charge in [0, 0.05) is 29.8 Å². The Morgan fingerprint density at radius 2 is 1.78 bits per heavy atom. The molecule has 2 N–H and O–H groups in total. The van der Waals surface area contributed by atoms with E-state index in [1.54, 1.807) is 24.3 Å². The van der Waals surface area contributed by atoms with Crippen LogP contribution >= 0.6 is 0 Å². The number of hydrogen-bond donors (Lipinski definition) is 2. The maximum absolute atomic E-state index is 13.0. The summed E-state index contributed by atoms with van der Waals surface area (Å²) in [7, 11) is 0. The molecule has 7 nitrogen and oxygen atoms in total. The average Bonchev–Trinajstić information content (AvgIpc) is 3.21. The molecule has 0 saturated carbocycles. The van der Waals surface area contributed by atoms with Crippen molar-refractivity contribution in [3.05, 3.63) is 77.9 Å². The van der Waals surface area contributed by atoms with Crippen LogP contribution in [0.2, 0.25) is 0 Å². The van der Waals surface area contributed by atoms with Crippen LogP contribution in [0.25, 0.3) is 0 Å². The van der Waals surface area contributed by atoms with E-state index in [4.69, 9.17) is 5.11 Å². The van der Waals surface area contributed by atoms with E-state index in [1.165, 1.54) is 0 Å². The molecule has 0 radical (unpaired) electrons. The van der Waals surface area contributed by atoms with Crippen LogP contribution in [0.4, 0.5) is 5.69 Å². The number of fused-ring (bicyclic) bond motifs is 2. The standard InChI is InChI=1S/C20H15N3O4/c24-17(10-11-18(25)26)23-20(12-16(22-23)13-6-2-1-3-7-13)14-8-4-5-9-15(14)21-19(20)27/h1-11H,12H2,(H,21,27)(H,25,26)/b11-10+. The third-order valence-electron chi connectivity index (χ3n) is 4.69. The highest BCUT2D eigenvalue weighted by molar-refractivity contribution is 6.15. The van der Waals surface area contributed by atoms with Crippen molar-refractivity contribution in [2.45, 2.75) is 12.0 Å². The maximum atomic E-state index is 13.0. The lowest BCUT2D eigenvalue weighted by Gasteiger charge is -2.29. The van der Waals surface area contributed by atoms with Gasteiger partial charge >= 0.3 is 5.97 Å². The highest BCUT2D eigenvalue weighted by atomic mass is 16.4. The molecule has 7 heteroatoms. The van der Waals surface area contributed by atoms with Gasteiger partial charge in [0.15, 0.2) is 5.54 Å². The average molecular weight is 361 g/mol. The Labute approximate surface area is 154 Å². The number of rotatable bonds is 3. The normalized spacial score (nSPS) is 20.7. The minimum Gasteiger partial charge on any atom is -0.478 e. The molecular formula is C20H15N3O4. The third-order valence-corrected chi connectivity index (χ3v) is 4.69. The quantitative estimate of drug-likeness (QED) is 0.818. The number of carboxylic acids is 1. The van der Waals surface area contributed by atoms with E-state index in [1.807, 2.05) is 30.3 Å². The highest BCUT2D eigenvalue weighted by Crippen LogP contribution is 2.47. The third kappa shape index (κ3) is 2.60. The largest absolute Gasteiger partial charge is 0.478 e. The predicted molar refractivity (Wildman–Crippen MR) is 98.0 cm³/mol. The zero-order valence-electron chi connectivity index (χ0n) is 14.1. The molecule has 2 heterocycles. The molecule has 2 amide bonds. The Bertz CT molecular complexity index is 1010. The van der Waals surface area contributed by atoms with Gasteiger partial charge in [0.1, 0.15) is 0 Å². The molecule has 2 aromatic rings. The van der Waals surface area contributed by atoms with Gasteiger partial charge in [0.2, 0.25) is 0 Å². The lowest BCUT2D eigenvalue weighted by atomic mass is 9.85. The zero-order valence-corrected chi connectivity index (χ0v) is 14.1. The van der Waals surface area contributed by atoms with Crippen LogP contribution in [-0.2, 0) is 19.9 Å². The van der Waals surface area contributed by atoms with Crippen LogP contribution in [0, 0.1) is 0 Å². The van der Waals surface area contributed by atoms with Crippen LogP contribution in [0.3, 0.4) is 0 Å². The Morgan fingerprint density at radius 1 is 1.07 bits per heavy atom. The SMILES string of the molecule is O=C(O)/C=C/C(=O)N1N=C(c2ccccc2)CC12C(=O)Nc1ccccc12. The van der Waals surface area contributed by atoms with E-state index in [2.05, 4.69) is 10.4 Å². The summed E-state index contributed by atoms with van der Waals surface area (Å²) in [5, 5.41) is 17.1. The number of para-hydroxylation sites is 1. The fourth-order valence-corrected chi connectivity index (χ4v) is 3.49. The van der Waals surface area contributed by atoms with Crippen molar-refractivity contribution in [2.75, 3.05) is 5.32 Å². The number of nitrogens with zero attached hydrogens (tertiary/aromatic N) is 2. The Kier molecular flexibility index (Phi) is 3.84. The molecule has 0 bridgehead atoms. The molecule has 0 aromatic heterocycles. The Balaban J connectivity index is 1.84. The first-order valence-electron chi connectivity index (χ1n) is 8.31. The molecule has 1 unspecified atom stereocenters. The summed E-state index contributed by atoms with van der Waals surface area (Å²) < 4.78 is 0. The minimum absolute atomic E-state index is 0.201. The van der Waals surface area contributed by atoms with Gasteiger partial charge < -0.3 is 10.4 Å². The summed E-state index contributed by atoms with van der Waals surface area (Å²) in [6, 6.07) is 16.4. The van der Waals surface area contributed by atoms with Crippen molar-refractivity contribution in [1.82, 2.24) is 5.01 Å². The summed E-state index contributed by atoms with van der Waals surface area (Å²) >= 11 is 0. The number of hydrazone groups is 1. The first kappa shape index (κ1) is 16.7. The van der Waals surface area contributed by atoms with Gasteiger partial charge in [-0.3, -0.25) is 9.59 Å². The lowest BCUT2D eigenvalue weighted by Crippen LogP contribution is -2.48. The van der Waals surface area contributed by atoms with Gasteiger partial charge in [0.25, 0.3) is 11.8 Å². The van der Waals surface area contributed by atoms with Crippen molar-refractivity contribution < 1.29 is 19.5 Å². The zero-order chi connectivity index (χ0) is 19.0. The van der Waals surface area contributed by atoms with Crippen LogP contribution in [-0.4, -0.2) is 33.6 Å². The Hall–Kier alpha value is -3.74. The van der Waals surface area contributed by atoms with Gasteiger partial charge in [-0.2, -0.15) is 5.10 Å². The van der Waals surface area contributed by atoms with Crippen LogP contribution < -0.4 is 5.32 Å². The second-order valence-corrected chi connectivity index (χ2v) is 6.27. The number of aliphatic carboxylic acids is 1. The van der Waals surface area contributed by atoms with Crippen molar-refractivity contribution in [3.63, 3.8) is 0 Å². The molecule has 1 spiro atoms. The predicted octanol–water partition coefficient (Wildman–Crippen LogP) is 2.11. The molecular weight excluding hydrogens is 346 g/mol. The molecule has 2 aliphatic heterocycles. The van der Waals surface area contributed by atoms with E-state index in [-0.39, 0.29) is 12.3 Å². The van der Waals surface area contributed by atoms with E-state index in [0.29, 0.717) is 17.0 Å². The van der Waals surface area contributed by atoms with E-state index < -0.39 is 17.4 Å². The summed E-state index contributed by atoms with van der Waals surface area (Å²) in [6.07, 6.45) is 1.85. The molecule has 2 aliphatic rings. The van der Waals surface area contributed by atoms with E-state index >= 15 is 0 Å². The summed E-state index contributed by atoms with van der Waals surface area (Å²) in [5.41, 5.74) is 1.31. The molecule has 0 fully saturated rings. The number of carboxylic acid groups (broad SMARTS) is 1. The molecule has 2 aromatic carbocycles. The van der Waals surface area contributed by atoms with Crippen molar-refractivity contribution in [1.29, 1.82) is 0 Å². The molecule has 0 aliphatic carbocycles. The lowest BCUT2D eigenvalue weighted by molar-refractivity contribution is -0.140. The van der Waals surface area contributed by atoms with Gasteiger partial charge in [0.05, 0.1) is 5.71 Å². The highest BCUT2D eigenvalue weighted by Gasteiger charge is 2.57. The second kappa shape index (κ2) is 6.21. The number of benzene rings is 2. The minimum atomic E-state index is -1.33. The van der Waals surface area contributed by atoms with Crippen LogP contribution in [0.5, 0.6) is 0 Å². The second-order valence-electron chi connectivity index (χ2n) is 6.27. The molecule has 4 rings (SSSR count). The number of carbonyl (C=O) groups excluding carboxylic acids is 2. The monoisotopic (exact) mass is 361 g/mol. The van der Waals surface area contributed by atoms with Gasteiger partial charge in [-0.1, -0.05) is 48.5 Å². The van der Waals surface area contributed by atoms with Crippen molar-refractivity contribution in [3.8, 4) is 0 Å². The summed E-state index contributed by atoms with van der Waals surface area (Å²) in [5.74, 6) is -2.29. The number of amides is 2. The first-order valence-corrected chi connectivity index (χ1v) is 8.31. The fourth-order valence-electron chi connectivity index (χ4n) is 3.49. The van der Waals surface area contributed by atoms with E-state index in [0.717, 1.165) is 22.7 Å². The topological polar surface area (TPSA) is 99.1 Å². The first-order chi connectivity index (χ1) is 13.0. The maximum Gasteiger partial charge on any atom is 0.328 e. The van der Waals surface area contributed by atoms with Gasteiger partial charge in [-0.25, -0.2) is 9.80 Å². The fraction of sp³-hybridized carbons (Fsp3) is 0.100. The van der Waals surface area contributed by atoms with Gasteiger partial charge in [-0.15, -0.1) is 0 Å². The molecule has 0 saturated heterocycles. The summed E-state index contributed by atoms with van der Waals surface area (Å²) in [6.45, 7) is 0. The van der Waals surface area contributed by atoms with Crippen molar-refractivity contribution in [2.24, 2.45) is 5.10 Å². The molecule has 1 atom stereocenters. The number of anilines is 1. The van der Waals surface area contributed by atoms with Crippen molar-refractivity contribution >= 4 is 29.2 Å². The number of nitrogens with one attached hydrogen (secondary N) is 1. The van der Waals surface area contributed by atoms with Crippen LogP contribution in [0.15, 0.2) is 71.9 Å². The van der Waals surface area contributed by atoms with Crippen LogP contribution in [0.1, 0.15) is 17.5 Å². The number of hydrogen-bond acceptors (Lipinski definition) is 4. The smallest absolute Gasteiger partial charge is 0.328 e. The molecule has 27 heavy (non-hydrogen) atoms. The van der Waals surface area contributed by atoms with E-state index in [9.17, 15) is 14.4 Å². The van der Waals surface area contributed by atoms with Gasteiger partial charge in [-0.05, 0) is 11.6 Å². The Morgan fingerprint density at radius 3 is 2.52 bits per heavy atom. The number of carbonyl (C=O) groups is 3. The summed E-state index contributed by atoms with van der Waals surface area (Å²) in [4.78, 5) is 36.5.